The molecule has 1 N–H and O–H groups in total. The zero-order valence-corrected chi connectivity index (χ0v) is 15.5. The van der Waals surface area contributed by atoms with Gasteiger partial charge in [0, 0.05) is 6.54 Å². The monoisotopic (exact) mass is 382 g/mol. The van der Waals surface area contributed by atoms with Gasteiger partial charge in [0.05, 0.1) is 6.54 Å². The molecule has 0 radical (unpaired) electrons. The molecule has 0 bridgehead atoms. The van der Waals surface area contributed by atoms with Crippen LogP contribution >= 0.6 is 0 Å². The van der Waals surface area contributed by atoms with Gasteiger partial charge < -0.3 is 5.32 Å². The van der Waals surface area contributed by atoms with E-state index in [0.29, 0.717) is 5.56 Å². The molecule has 0 atom stereocenters. The van der Waals surface area contributed by atoms with Crippen molar-refractivity contribution < 1.29 is 9.18 Å². The van der Waals surface area contributed by atoms with Crippen LogP contribution in [0.3, 0.4) is 0 Å². The fourth-order valence-electron chi connectivity index (χ4n) is 2.81. The van der Waals surface area contributed by atoms with Gasteiger partial charge in [0.2, 0.25) is 5.69 Å². The highest BCUT2D eigenvalue weighted by Crippen LogP contribution is 2.09. The van der Waals surface area contributed by atoms with Gasteiger partial charge in [0.15, 0.2) is 0 Å². The van der Waals surface area contributed by atoms with Crippen LogP contribution in [-0.4, -0.2) is 26.8 Å². The van der Waals surface area contributed by atoms with E-state index in [1.54, 1.807) is 19.1 Å². The lowest BCUT2D eigenvalue weighted by Gasteiger charge is -2.12. The standard InChI is InChI=1S/C20H19FN4O3/c1-3-22-18(26)17-19(27)24(12-14-8-6-7-13(2)11-14)20(28)25(23-17)16-10-5-4-9-15(16)21/h4-11H,3,12H2,1-2H3,(H,22,26). The first-order valence-electron chi connectivity index (χ1n) is 8.75. The van der Waals surface area contributed by atoms with Gasteiger partial charge in [-0.1, -0.05) is 42.0 Å². The van der Waals surface area contributed by atoms with Crippen LogP contribution < -0.4 is 16.6 Å². The van der Waals surface area contributed by atoms with Crippen LogP contribution in [0.4, 0.5) is 4.39 Å². The van der Waals surface area contributed by atoms with E-state index < -0.39 is 28.7 Å². The minimum absolute atomic E-state index is 0.0667. The molecule has 8 heteroatoms. The number of carbonyl (C=O) groups excluding carboxylic acids is 1. The summed E-state index contributed by atoms with van der Waals surface area (Å²) in [7, 11) is 0. The van der Waals surface area contributed by atoms with Crippen molar-refractivity contribution in [3.05, 3.63) is 92.0 Å². The molecule has 0 aliphatic carbocycles. The third-order valence-corrected chi connectivity index (χ3v) is 4.12. The van der Waals surface area contributed by atoms with Crippen molar-refractivity contribution in [1.82, 2.24) is 19.7 Å². The number of aromatic nitrogens is 3. The Hall–Kier alpha value is -3.55. The normalized spacial score (nSPS) is 10.7. The molecule has 0 unspecified atom stereocenters. The number of aryl methyl sites for hydroxylation is 1. The van der Waals surface area contributed by atoms with Crippen LogP contribution in [0.2, 0.25) is 0 Å². The summed E-state index contributed by atoms with van der Waals surface area (Å²) in [6, 6.07) is 12.8. The fraction of sp³-hybridized carbons (Fsp3) is 0.200. The third-order valence-electron chi connectivity index (χ3n) is 4.12. The van der Waals surface area contributed by atoms with Crippen molar-refractivity contribution in [2.24, 2.45) is 0 Å². The lowest BCUT2D eigenvalue weighted by atomic mass is 10.1. The molecule has 0 fully saturated rings. The predicted molar refractivity (Wildman–Crippen MR) is 102 cm³/mol. The van der Waals surface area contributed by atoms with Crippen LogP contribution in [0.1, 0.15) is 28.5 Å². The number of hydrogen-bond donors (Lipinski definition) is 1. The molecule has 0 aliphatic heterocycles. The maximum absolute atomic E-state index is 14.3. The second kappa shape index (κ2) is 7.99. The number of carbonyl (C=O) groups is 1. The summed E-state index contributed by atoms with van der Waals surface area (Å²) in [5, 5.41) is 6.35. The molecule has 0 spiro atoms. The number of nitrogens with zero attached hydrogens (tertiary/aromatic N) is 3. The number of amides is 1. The molecule has 1 aromatic heterocycles. The Morgan fingerprint density at radius 2 is 1.89 bits per heavy atom. The summed E-state index contributed by atoms with van der Waals surface area (Å²) in [4.78, 5) is 38.0. The average molecular weight is 382 g/mol. The van der Waals surface area contributed by atoms with Crippen molar-refractivity contribution in [3.63, 3.8) is 0 Å². The van der Waals surface area contributed by atoms with Gasteiger partial charge >= 0.3 is 5.69 Å². The van der Waals surface area contributed by atoms with Gasteiger partial charge in [-0.2, -0.15) is 9.78 Å². The van der Waals surface area contributed by atoms with E-state index in [9.17, 15) is 18.8 Å². The van der Waals surface area contributed by atoms with E-state index in [1.165, 1.54) is 24.3 Å². The molecule has 0 aliphatic rings. The zero-order valence-electron chi connectivity index (χ0n) is 15.5. The summed E-state index contributed by atoms with van der Waals surface area (Å²) in [5.74, 6) is -1.42. The molecule has 7 nitrogen and oxygen atoms in total. The van der Waals surface area contributed by atoms with Gasteiger partial charge in [-0.15, -0.1) is 0 Å². The lowest BCUT2D eigenvalue weighted by Crippen LogP contribution is -2.46. The molecule has 3 aromatic rings. The van der Waals surface area contributed by atoms with Crippen LogP contribution in [0.25, 0.3) is 5.69 Å². The molecule has 0 saturated carbocycles. The zero-order chi connectivity index (χ0) is 20.3. The summed E-state index contributed by atoms with van der Waals surface area (Å²) in [6.07, 6.45) is 0. The number of para-hydroxylation sites is 1. The summed E-state index contributed by atoms with van der Waals surface area (Å²) < 4.78 is 15.9. The molecule has 1 amide bonds. The first-order valence-corrected chi connectivity index (χ1v) is 8.75. The third kappa shape index (κ3) is 3.75. The minimum Gasteiger partial charge on any atom is -0.351 e. The highest BCUT2D eigenvalue weighted by atomic mass is 19.1. The first kappa shape index (κ1) is 19.2. The van der Waals surface area contributed by atoms with Gasteiger partial charge in [0.1, 0.15) is 11.5 Å². The fourth-order valence-corrected chi connectivity index (χ4v) is 2.81. The number of halogens is 1. The Morgan fingerprint density at radius 1 is 1.14 bits per heavy atom. The largest absolute Gasteiger partial charge is 0.352 e. The Balaban J connectivity index is 2.25. The number of hydrogen-bond acceptors (Lipinski definition) is 4. The van der Waals surface area contributed by atoms with Crippen LogP contribution in [-0.2, 0) is 6.54 Å². The highest BCUT2D eigenvalue weighted by molar-refractivity contribution is 5.91. The first-order chi connectivity index (χ1) is 13.4. The molecule has 1 heterocycles. The number of nitrogens with one attached hydrogen (secondary N) is 1. The van der Waals surface area contributed by atoms with Gasteiger partial charge in [-0.25, -0.2) is 9.18 Å². The van der Waals surface area contributed by atoms with Gasteiger partial charge in [-0.05, 0) is 31.5 Å². The van der Waals surface area contributed by atoms with Crippen LogP contribution in [0.5, 0.6) is 0 Å². The van der Waals surface area contributed by atoms with Crippen molar-refractivity contribution in [3.8, 4) is 5.69 Å². The van der Waals surface area contributed by atoms with Crippen molar-refractivity contribution in [2.45, 2.75) is 20.4 Å². The van der Waals surface area contributed by atoms with Crippen molar-refractivity contribution >= 4 is 5.91 Å². The second-order valence-electron chi connectivity index (χ2n) is 6.23. The van der Waals surface area contributed by atoms with Gasteiger partial charge in [-0.3, -0.25) is 14.2 Å². The van der Waals surface area contributed by atoms with Crippen LogP contribution in [0, 0.1) is 12.7 Å². The Bertz CT molecular complexity index is 1150. The molecule has 144 valence electrons. The van der Waals surface area contributed by atoms with E-state index in [-0.39, 0.29) is 18.8 Å². The Labute approximate surface area is 160 Å². The number of rotatable bonds is 5. The average Bonchev–Trinajstić information content (AvgIpc) is 2.66. The Kier molecular flexibility index (Phi) is 5.49. The van der Waals surface area contributed by atoms with Crippen LogP contribution in [0.15, 0.2) is 58.1 Å². The van der Waals surface area contributed by atoms with Crippen molar-refractivity contribution in [2.75, 3.05) is 6.54 Å². The summed E-state index contributed by atoms with van der Waals surface area (Å²) >= 11 is 0. The maximum Gasteiger partial charge on any atom is 0.352 e. The maximum atomic E-state index is 14.3. The quantitative estimate of drug-likeness (QED) is 0.727. The summed E-state index contributed by atoms with van der Waals surface area (Å²) in [6.45, 7) is 3.78. The molecular formula is C20H19FN4O3. The van der Waals surface area contributed by atoms with E-state index in [4.69, 9.17) is 0 Å². The minimum atomic E-state index is -0.829. The molecule has 2 aromatic carbocycles. The smallest absolute Gasteiger partial charge is 0.351 e. The lowest BCUT2D eigenvalue weighted by molar-refractivity contribution is 0.0946. The van der Waals surface area contributed by atoms with Crippen molar-refractivity contribution in [1.29, 1.82) is 0 Å². The highest BCUT2D eigenvalue weighted by Gasteiger charge is 2.21. The second-order valence-corrected chi connectivity index (χ2v) is 6.23. The van der Waals surface area contributed by atoms with Gasteiger partial charge in [0.25, 0.3) is 11.5 Å². The SMILES string of the molecule is CCNC(=O)c1nn(-c2ccccc2F)c(=O)n(Cc2cccc(C)c2)c1=O. The molecular weight excluding hydrogens is 363 g/mol. The predicted octanol–water partition coefficient (Wildman–Crippen LogP) is 1.64. The molecule has 28 heavy (non-hydrogen) atoms. The Morgan fingerprint density at radius 3 is 2.57 bits per heavy atom. The molecule has 0 saturated heterocycles. The van der Waals surface area contributed by atoms with E-state index in [0.717, 1.165) is 14.8 Å². The number of benzene rings is 2. The topological polar surface area (TPSA) is 86.0 Å². The van der Waals surface area contributed by atoms with E-state index in [1.807, 2.05) is 19.1 Å². The molecule has 3 rings (SSSR count). The van der Waals surface area contributed by atoms with E-state index in [2.05, 4.69) is 10.4 Å². The summed E-state index contributed by atoms with van der Waals surface area (Å²) in [5.41, 5.74) is -0.617. The van der Waals surface area contributed by atoms with E-state index >= 15 is 0 Å².